The Labute approximate surface area is 132 Å². The maximum atomic E-state index is 12.4. The molecular formula is C16H27N3O3. The average molecular weight is 309 g/mol. The molecule has 124 valence electrons. The fourth-order valence-electron chi connectivity index (χ4n) is 2.70. The predicted octanol–water partition coefficient (Wildman–Crippen LogP) is 1.81. The summed E-state index contributed by atoms with van der Waals surface area (Å²) >= 11 is 0. The molecule has 2 heterocycles. The third kappa shape index (κ3) is 4.81. The second-order valence-electron chi connectivity index (χ2n) is 5.76. The number of nitrogens with zero attached hydrogens (tertiary/aromatic N) is 3. The fourth-order valence-corrected chi connectivity index (χ4v) is 2.70. The van der Waals surface area contributed by atoms with E-state index in [1.54, 1.807) is 13.2 Å². The molecule has 0 aliphatic carbocycles. The zero-order valence-electron chi connectivity index (χ0n) is 13.7. The van der Waals surface area contributed by atoms with Crippen molar-refractivity contribution in [2.24, 2.45) is 0 Å². The quantitative estimate of drug-likeness (QED) is 0.686. The molecule has 0 atom stereocenters. The maximum Gasteiger partial charge on any atom is 0.276 e. The van der Waals surface area contributed by atoms with Gasteiger partial charge >= 0.3 is 0 Å². The molecule has 0 radical (unpaired) electrons. The van der Waals surface area contributed by atoms with E-state index in [-0.39, 0.29) is 5.91 Å². The van der Waals surface area contributed by atoms with Gasteiger partial charge in [-0.15, -0.1) is 0 Å². The van der Waals surface area contributed by atoms with Crippen molar-refractivity contribution >= 4 is 5.91 Å². The first-order valence-corrected chi connectivity index (χ1v) is 8.20. The highest BCUT2D eigenvalue weighted by Crippen LogP contribution is 2.11. The van der Waals surface area contributed by atoms with Gasteiger partial charge in [-0.05, 0) is 25.8 Å². The Balaban J connectivity index is 1.74. The third-order valence-corrected chi connectivity index (χ3v) is 4.01. The number of aryl methyl sites for hydroxylation is 1. The van der Waals surface area contributed by atoms with E-state index in [1.807, 2.05) is 4.90 Å². The van der Waals surface area contributed by atoms with Crippen LogP contribution in [-0.2, 0) is 11.2 Å². The van der Waals surface area contributed by atoms with Gasteiger partial charge in [-0.1, -0.05) is 12.1 Å². The summed E-state index contributed by atoms with van der Waals surface area (Å²) < 4.78 is 10.3. The van der Waals surface area contributed by atoms with Gasteiger partial charge in [-0.3, -0.25) is 9.69 Å². The smallest absolute Gasteiger partial charge is 0.276 e. The van der Waals surface area contributed by atoms with E-state index in [2.05, 4.69) is 17.0 Å². The number of rotatable bonds is 8. The number of unbranched alkanes of at least 4 members (excludes halogenated alkanes) is 1. The highest BCUT2D eigenvalue weighted by Gasteiger charge is 2.24. The molecule has 0 N–H and O–H groups in total. The van der Waals surface area contributed by atoms with Crippen LogP contribution in [0.1, 0.15) is 42.4 Å². The number of carbonyl (C=O) groups excluding carboxylic acids is 1. The van der Waals surface area contributed by atoms with Gasteiger partial charge in [0.2, 0.25) is 0 Å². The standard InChI is InChI=1S/C16H27N3O3/c1-3-6-14-13-15(17-22-14)16(20)19-10-8-18(9-11-19)7-4-5-12-21-2/h13H,3-12H2,1-2H3. The van der Waals surface area contributed by atoms with Gasteiger partial charge in [0, 0.05) is 52.4 Å². The van der Waals surface area contributed by atoms with Crippen LogP contribution in [-0.4, -0.2) is 67.3 Å². The lowest BCUT2D eigenvalue weighted by Gasteiger charge is -2.34. The monoisotopic (exact) mass is 309 g/mol. The van der Waals surface area contributed by atoms with Crippen molar-refractivity contribution < 1.29 is 14.1 Å². The lowest BCUT2D eigenvalue weighted by Crippen LogP contribution is -2.48. The minimum atomic E-state index is -0.00913. The molecule has 22 heavy (non-hydrogen) atoms. The zero-order chi connectivity index (χ0) is 15.8. The molecule has 0 saturated carbocycles. The average Bonchev–Trinajstić information content (AvgIpc) is 3.00. The van der Waals surface area contributed by atoms with E-state index in [4.69, 9.17) is 9.26 Å². The Hall–Kier alpha value is -1.40. The van der Waals surface area contributed by atoms with Gasteiger partial charge in [0.15, 0.2) is 5.69 Å². The summed E-state index contributed by atoms with van der Waals surface area (Å²) in [4.78, 5) is 16.7. The number of carbonyl (C=O) groups is 1. The Kier molecular flexibility index (Phi) is 6.86. The predicted molar refractivity (Wildman–Crippen MR) is 84.0 cm³/mol. The SMILES string of the molecule is CCCc1cc(C(=O)N2CCN(CCCCOC)CC2)no1. The van der Waals surface area contributed by atoms with Crippen LogP contribution >= 0.6 is 0 Å². The fraction of sp³-hybridized carbons (Fsp3) is 0.750. The first kappa shape index (κ1) is 17.0. The number of amides is 1. The van der Waals surface area contributed by atoms with Gasteiger partial charge in [-0.25, -0.2) is 0 Å². The molecule has 6 nitrogen and oxygen atoms in total. The number of methoxy groups -OCH3 is 1. The summed E-state index contributed by atoms with van der Waals surface area (Å²) in [6.45, 7) is 7.37. The van der Waals surface area contributed by atoms with E-state index in [9.17, 15) is 4.79 Å². The molecule has 1 aromatic rings. The van der Waals surface area contributed by atoms with Crippen LogP contribution in [0.4, 0.5) is 0 Å². The number of hydrogen-bond donors (Lipinski definition) is 0. The molecule has 2 rings (SSSR count). The van der Waals surface area contributed by atoms with Crippen LogP contribution in [0.25, 0.3) is 0 Å². The molecule has 6 heteroatoms. The molecule has 1 aliphatic heterocycles. The van der Waals surface area contributed by atoms with Crippen molar-refractivity contribution in [3.05, 3.63) is 17.5 Å². The molecule has 1 aromatic heterocycles. The molecule has 1 saturated heterocycles. The zero-order valence-corrected chi connectivity index (χ0v) is 13.7. The van der Waals surface area contributed by atoms with Crippen molar-refractivity contribution in [2.75, 3.05) is 46.4 Å². The van der Waals surface area contributed by atoms with Crippen LogP contribution in [0.2, 0.25) is 0 Å². The number of hydrogen-bond acceptors (Lipinski definition) is 5. The number of aromatic nitrogens is 1. The van der Waals surface area contributed by atoms with Gasteiger partial charge in [0.1, 0.15) is 5.76 Å². The van der Waals surface area contributed by atoms with Crippen LogP contribution in [0, 0.1) is 0 Å². The van der Waals surface area contributed by atoms with Crippen LogP contribution in [0.15, 0.2) is 10.6 Å². The Morgan fingerprint density at radius 2 is 2.09 bits per heavy atom. The molecule has 0 aromatic carbocycles. The Bertz CT molecular complexity index is 453. The van der Waals surface area contributed by atoms with Crippen molar-refractivity contribution in [3.8, 4) is 0 Å². The topological polar surface area (TPSA) is 58.8 Å². The molecule has 1 aliphatic rings. The van der Waals surface area contributed by atoms with Gasteiger partial charge < -0.3 is 14.2 Å². The summed E-state index contributed by atoms with van der Waals surface area (Å²) in [5, 5.41) is 3.91. The first-order chi connectivity index (χ1) is 10.7. The summed E-state index contributed by atoms with van der Waals surface area (Å²) in [7, 11) is 1.74. The summed E-state index contributed by atoms with van der Waals surface area (Å²) in [6.07, 6.45) is 4.06. The Morgan fingerprint density at radius 3 is 2.77 bits per heavy atom. The lowest BCUT2D eigenvalue weighted by molar-refractivity contribution is 0.0622. The molecule has 0 spiro atoms. The highest BCUT2D eigenvalue weighted by molar-refractivity contribution is 5.92. The summed E-state index contributed by atoms with van der Waals surface area (Å²) in [5.41, 5.74) is 0.442. The van der Waals surface area contributed by atoms with Crippen molar-refractivity contribution in [1.82, 2.24) is 15.0 Å². The second-order valence-corrected chi connectivity index (χ2v) is 5.76. The molecule has 0 unspecified atom stereocenters. The van der Waals surface area contributed by atoms with E-state index in [0.717, 1.165) is 70.8 Å². The lowest BCUT2D eigenvalue weighted by atomic mass is 10.2. The molecular weight excluding hydrogens is 282 g/mol. The first-order valence-electron chi connectivity index (χ1n) is 8.20. The molecule has 1 fully saturated rings. The number of ether oxygens (including phenoxy) is 1. The van der Waals surface area contributed by atoms with E-state index < -0.39 is 0 Å². The normalized spacial score (nSPS) is 16.2. The summed E-state index contributed by atoms with van der Waals surface area (Å²) in [5.74, 6) is 0.785. The Morgan fingerprint density at radius 1 is 1.32 bits per heavy atom. The molecule has 1 amide bonds. The minimum absolute atomic E-state index is 0.00913. The highest BCUT2D eigenvalue weighted by atomic mass is 16.5. The van der Waals surface area contributed by atoms with E-state index >= 15 is 0 Å². The summed E-state index contributed by atoms with van der Waals surface area (Å²) in [6, 6.07) is 1.78. The van der Waals surface area contributed by atoms with Crippen molar-refractivity contribution in [1.29, 1.82) is 0 Å². The largest absolute Gasteiger partial charge is 0.385 e. The number of piperazine rings is 1. The van der Waals surface area contributed by atoms with Crippen LogP contribution in [0.5, 0.6) is 0 Å². The second kappa shape index (κ2) is 8.90. The van der Waals surface area contributed by atoms with Crippen LogP contribution < -0.4 is 0 Å². The third-order valence-electron chi connectivity index (χ3n) is 4.01. The maximum absolute atomic E-state index is 12.4. The minimum Gasteiger partial charge on any atom is -0.385 e. The van der Waals surface area contributed by atoms with Gasteiger partial charge in [0.05, 0.1) is 0 Å². The molecule has 0 bridgehead atoms. The van der Waals surface area contributed by atoms with Crippen molar-refractivity contribution in [2.45, 2.75) is 32.6 Å². The van der Waals surface area contributed by atoms with E-state index in [1.165, 1.54) is 0 Å². The van der Waals surface area contributed by atoms with E-state index in [0.29, 0.717) is 5.69 Å². The van der Waals surface area contributed by atoms with Gasteiger partial charge in [-0.2, -0.15) is 0 Å². The van der Waals surface area contributed by atoms with Crippen molar-refractivity contribution in [3.63, 3.8) is 0 Å². The van der Waals surface area contributed by atoms with Gasteiger partial charge in [0.25, 0.3) is 5.91 Å². The van der Waals surface area contributed by atoms with Crippen LogP contribution in [0.3, 0.4) is 0 Å².